The highest BCUT2D eigenvalue weighted by Crippen LogP contribution is 2.30. The van der Waals surface area contributed by atoms with Gasteiger partial charge in [-0.05, 0) is 80.1 Å². The van der Waals surface area contributed by atoms with E-state index in [2.05, 4.69) is 11.4 Å². The molecule has 0 saturated heterocycles. The number of ether oxygens (including phenoxy) is 2. The second-order valence-electron chi connectivity index (χ2n) is 7.44. The molecule has 1 saturated carbocycles. The molecule has 1 aliphatic carbocycles. The van der Waals surface area contributed by atoms with Crippen LogP contribution in [-0.2, 0) is 16.0 Å². The van der Waals surface area contributed by atoms with Crippen molar-refractivity contribution in [2.75, 3.05) is 11.9 Å². The Morgan fingerprint density at radius 1 is 1.23 bits per heavy atom. The third-order valence-corrected chi connectivity index (χ3v) is 5.28. The summed E-state index contributed by atoms with van der Waals surface area (Å²) in [5.74, 6) is 0.258. The molecule has 0 spiro atoms. The van der Waals surface area contributed by atoms with E-state index in [1.165, 1.54) is 0 Å². The molecule has 3 rings (SSSR count). The minimum atomic E-state index is -0.722. The molecule has 0 amide bonds. The van der Waals surface area contributed by atoms with Gasteiger partial charge in [0.15, 0.2) is 6.04 Å². The van der Waals surface area contributed by atoms with Crippen LogP contribution in [0, 0.1) is 11.3 Å². The highest BCUT2D eigenvalue weighted by Gasteiger charge is 2.28. The number of hydrogen-bond acceptors (Lipinski definition) is 6. The number of carbonyl (C=O) groups is 1. The van der Waals surface area contributed by atoms with E-state index in [0.717, 1.165) is 36.8 Å². The SMILES string of the molecule is CCOC(=O)C(Nc1ccc(C#N)cc1)c1cc(CC)cc(OC2CCCC2O)c1. The Labute approximate surface area is 177 Å². The number of hydrogen-bond donors (Lipinski definition) is 2. The van der Waals surface area contributed by atoms with Gasteiger partial charge in [0.05, 0.1) is 24.3 Å². The molecule has 2 N–H and O–H groups in total. The normalized spacial score (nSPS) is 19.0. The highest BCUT2D eigenvalue weighted by molar-refractivity contribution is 5.81. The number of aliphatic hydroxyl groups excluding tert-OH is 1. The van der Waals surface area contributed by atoms with E-state index in [1.54, 1.807) is 31.2 Å². The van der Waals surface area contributed by atoms with Crippen LogP contribution in [-0.4, -0.2) is 29.9 Å². The van der Waals surface area contributed by atoms with Crippen molar-refractivity contribution < 1.29 is 19.4 Å². The largest absolute Gasteiger partial charge is 0.488 e. The molecule has 0 aromatic heterocycles. The van der Waals surface area contributed by atoms with Crippen LogP contribution >= 0.6 is 0 Å². The second kappa shape index (κ2) is 10.1. The van der Waals surface area contributed by atoms with Gasteiger partial charge in [0.1, 0.15) is 11.9 Å². The van der Waals surface area contributed by atoms with Gasteiger partial charge in [-0.3, -0.25) is 0 Å². The fourth-order valence-corrected chi connectivity index (χ4v) is 3.66. The maximum atomic E-state index is 12.8. The van der Waals surface area contributed by atoms with Gasteiger partial charge in [0, 0.05) is 5.69 Å². The van der Waals surface area contributed by atoms with Gasteiger partial charge in [-0.15, -0.1) is 0 Å². The Balaban J connectivity index is 1.91. The van der Waals surface area contributed by atoms with Crippen LogP contribution in [0.4, 0.5) is 5.69 Å². The molecule has 30 heavy (non-hydrogen) atoms. The standard InChI is InChI=1S/C24H28N2O4/c1-3-16-12-18(14-20(13-16)30-22-7-5-6-21(22)27)23(24(28)29-4-2)26-19-10-8-17(15-25)9-11-19/h8-14,21-23,26-27H,3-7H2,1-2H3. The number of esters is 1. The van der Waals surface area contributed by atoms with Crippen molar-refractivity contribution in [1.29, 1.82) is 5.26 Å². The summed E-state index contributed by atoms with van der Waals surface area (Å²) < 4.78 is 11.4. The highest BCUT2D eigenvalue weighted by atomic mass is 16.5. The van der Waals surface area contributed by atoms with Gasteiger partial charge in [-0.25, -0.2) is 4.79 Å². The molecular formula is C24H28N2O4. The van der Waals surface area contributed by atoms with E-state index >= 15 is 0 Å². The molecule has 3 unspecified atom stereocenters. The van der Waals surface area contributed by atoms with Gasteiger partial charge in [0.2, 0.25) is 0 Å². The smallest absolute Gasteiger partial charge is 0.333 e. The lowest BCUT2D eigenvalue weighted by atomic mass is 10.0. The summed E-state index contributed by atoms with van der Waals surface area (Å²) in [6.07, 6.45) is 2.60. The number of benzene rings is 2. The maximum absolute atomic E-state index is 12.8. The molecule has 0 heterocycles. The molecule has 2 aromatic rings. The number of nitrogens with one attached hydrogen (secondary N) is 1. The van der Waals surface area contributed by atoms with Crippen molar-refractivity contribution in [2.45, 2.75) is 57.8 Å². The second-order valence-corrected chi connectivity index (χ2v) is 7.44. The van der Waals surface area contributed by atoms with Crippen molar-refractivity contribution in [1.82, 2.24) is 0 Å². The van der Waals surface area contributed by atoms with Gasteiger partial charge in [-0.2, -0.15) is 5.26 Å². The van der Waals surface area contributed by atoms with E-state index in [0.29, 0.717) is 17.0 Å². The zero-order valence-electron chi connectivity index (χ0n) is 17.4. The maximum Gasteiger partial charge on any atom is 0.333 e. The van der Waals surface area contributed by atoms with Crippen LogP contribution in [0.15, 0.2) is 42.5 Å². The molecule has 3 atom stereocenters. The van der Waals surface area contributed by atoms with E-state index in [4.69, 9.17) is 14.7 Å². The summed E-state index contributed by atoms with van der Waals surface area (Å²) in [4.78, 5) is 12.8. The molecule has 0 radical (unpaired) electrons. The van der Waals surface area contributed by atoms with Crippen LogP contribution < -0.4 is 10.1 Å². The first-order valence-electron chi connectivity index (χ1n) is 10.5. The Bertz CT molecular complexity index is 904. The fourth-order valence-electron chi connectivity index (χ4n) is 3.66. The molecule has 1 fully saturated rings. The molecule has 6 nitrogen and oxygen atoms in total. The van der Waals surface area contributed by atoms with Gasteiger partial charge in [-0.1, -0.05) is 13.0 Å². The Morgan fingerprint density at radius 2 is 2.00 bits per heavy atom. The zero-order chi connectivity index (χ0) is 21.5. The summed E-state index contributed by atoms with van der Waals surface area (Å²) in [7, 11) is 0. The summed E-state index contributed by atoms with van der Waals surface area (Å²) in [6, 6.07) is 14.0. The van der Waals surface area contributed by atoms with Crippen LogP contribution in [0.5, 0.6) is 5.75 Å². The van der Waals surface area contributed by atoms with Crippen LogP contribution in [0.25, 0.3) is 0 Å². The lowest BCUT2D eigenvalue weighted by molar-refractivity contribution is -0.144. The van der Waals surface area contributed by atoms with Gasteiger partial charge in [0.25, 0.3) is 0 Å². The Kier molecular flexibility index (Phi) is 7.31. The third kappa shape index (κ3) is 5.31. The number of carbonyl (C=O) groups excluding carboxylic acids is 1. The number of aliphatic hydroxyl groups is 1. The summed E-state index contributed by atoms with van der Waals surface area (Å²) in [6.45, 7) is 4.09. The molecule has 1 aliphatic rings. The van der Waals surface area contributed by atoms with Crippen LogP contribution in [0.1, 0.15) is 55.8 Å². The minimum absolute atomic E-state index is 0.225. The first kappa shape index (κ1) is 21.7. The van der Waals surface area contributed by atoms with Crippen molar-refractivity contribution in [3.63, 3.8) is 0 Å². The lowest BCUT2D eigenvalue weighted by Gasteiger charge is -2.22. The van der Waals surface area contributed by atoms with E-state index in [-0.39, 0.29) is 18.7 Å². The van der Waals surface area contributed by atoms with Crippen molar-refractivity contribution in [3.05, 3.63) is 59.2 Å². The summed E-state index contributed by atoms with van der Waals surface area (Å²) >= 11 is 0. The average molecular weight is 408 g/mol. The monoisotopic (exact) mass is 408 g/mol. The van der Waals surface area contributed by atoms with Crippen LogP contribution in [0.2, 0.25) is 0 Å². The molecule has 6 heteroatoms. The van der Waals surface area contributed by atoms with Crippen molar-refractivity contribution in [2.24, 2.45) is 0 Å². The predicted molar refractivity (Wildman–Crippen MR) is 114 cm³/mol. The van der Waals surface area contributed by atoms with E-state index < -0.39 is 12.1 Å². The average Bonchev–Trinajstić information content (AvgIpc) is 3.16. The zero-order valence-corrected chi connectivity index (χ0v) is 17.4. The number of anilines is 1. The van der Waals surface area contributed by atoms with E-state index in [1.807, 2.05) is 25.1 Å². The van der Waals surface area contributed by atoms with Crippen molar-refractivity contribution in [3.8, 4) is 11.8 Å². The van der Waals surface area contributed by atoms with Crippen LogP contribution in [0.3, 0.4) is 0 Å². The van der Waals surface area contributed by atoms with Gasteiger partial charge < -0.3 is 19.9 Å². The first-order chi connectivity index (χ1) is 14.5. The minimum Gasteiger partial charge on any atom is -0.488 e. The number of rotatable bonds is 8. The summed E-state index contributed by atoms with van der Waals surface area (Å²) in [5, 5.41) is 22.3. The first-order valence-corrected chi connectivity index (χ1v) is 10.5. The number of aryl methyl sites for hydroxylation is 1. The number of nitrogens with zero attached hydrogens (tertiary/aromatic N) is 1. The Hall–Kier alpha value is -3.04. The fraction of sp³-hybridized carbons (Fsp3) is 0.417. The summed E-state index contributed by atoms with van der Waals surface area (Å²) in [5.41, 5.74) is 3.03. The predicted octanol–water partition coefficient (Wildman–Crippen LogP) is 4.13. The van der Waals surface area contributed by atoms with Gasteiger partial charge >= 0.3 is 5.97 Å². The van der Waals surface area contributed by atoms with E-state index in [9.17, 15) is 9.90 Å². The number of nitriles is 1. The molecule has 158 valence electrons. The molecule has 2 aromatic carbocycles. The van der Waals surface area contributed by atoms with Crippen molar-refractivity contribution >= 4 is 11.7 Å². The molecule has 0 bridgehead atoms. The lowest BCUT2D eigenvalue weighted by Crippen LogP contribution is -2.26. The molecular weight excluding hydrogens is 380 g/mol. The Morgan fingerprint density at radius 3 is 2.60 bits per heavy atom. The topological polar surface area (TPSA) is 91.6 Å². The third-order valence-electron chi connectivity index (χ3n) is 5.28. The molecule has 0 aliphatic heterocycles. The quantitative estimate of drug-likeness (QED) is 0.638.